The molecule has 1 aromatic rings. The van der Waals surface area contributed by atoms with Gasteiger partial charge < -0.3 is 15.4 Å². The third-order valence-electron chi connectivity index (χ3n) is 4.10. The summed E-state index contributed by atoms with van der Waals surface area (Å²) in [6.07, 6.45) is -2.05. The molecule has 6 nitrogen and oxygen atoms in total. The second-order valence-corrected chi connectivity index (χ2v) is 7.00. The molecule has 9 heteroatoms. The number of hydrogen-bond acceptors (Lipinski definition) is 4. The lowest BCUT2D eigenvalue weighted by Crippen LogP contribution is -2.41. The smallest absolute Gasteiger partial charge is 0.422 e. The standard InChI is InChI=1S/C19H32F3N5O/c1-14(2)27(15(3)4)11-7-10-25-18(23-5)26-12-16-8-6-9-24-17(16)28-13-19(20,21)22/h6,8-9,14-15H,7,10-13H2,1-5H3,(H2,23,25,26). The van der Waals surface area contributed by atoms with E-state index in [0.29, 0.717) is 23.6 Å². The van der Waals surface area contributed by atoms with Crippen LogP contribution in [0.3, 0.4) is 0 Å². The zero-order valence-electron chi connectivity index (χ0n) is 17.3. The van der Waals surface area contributed by atoms with Gasteiger partial charge in [0.25, 0.3) is 0 Å². The Kier molecular flexibility index (Phi) is 10.1. The van der Waals surface area contributed by atoms with E-state index in [2.05, 4.69) is 53.2 Å². The van der Waals surface area contributed by atoms with Crippen molar-refractivity contribution in [1.82, 2.24) is 20.5 Å². The number of ether oxygens (including phenoxy) is 1. The van der Waals surface area contributed by atoms with Crippen LogP contribution in [0.25, 0.3) is 0 Å². The molecule has 0 unspecified atom stereocenters. The van der Waals surface area contributed by atoms with Gasteiger partial charge in [0.15, 0.2) is 12.6 Å². The van der Waals surface area contributed by atoms with E-state index >= 15 is 0 Å². The van der Waals surface area contributed by atoms with Crippen molar-refractivity contribution in [3.63, 3.8) is 0 Å². The number of alkyl halides is 3. The molecule has 1 aromatic heterocycles. The lowest BCUT2D eigenvalue weighted by atomic mass is 10.2. The number of nitrogens with zero attached hydrogens (tertiary/aromatic N) is 3. The monoisotopic (exact) mass is 403 g/mol. The Balaban J connectivity index is 2.48. The topological polar surface area (TPSA) is 61.8 Å². The van der Waals surface area contributed by atoms with Gasteiger partial charge in [0.2, 0.25) is 5.88 Å². The molecular weight excluding hydrogens is 371 g/mol. The average molecular weight is 403 g/mol. The van der Waals surface area contributed by atoms with Gasteiger partial charge in [0, 0.05) is 50.5 Å². The summed E-state index contributed by atoms with van der Waals surface area (Å²) in [6.45, 7) is 9.31. The lowest BCUT2D eigenvalue weighted by molar-refractivity contribution is -0.154. The minimum absolute atomic E-state index is 0.0349. The number of aliphatic imine (C=N–C) groups is 1. The van der Waals surface area contributed by atoms with Crippen LogP contribution in [0.5, 0.6) is 5.88 Å². The van der Waals surface area contributed by atoms with Crippen molar-refractivity contribution in [2.75, 3.05) is 26.7 Å². The van der Waals surface area contributed by atoms with E-state index in [1.54, 1.807) is 19.2 Å². The number of halogens is 3. The third-order valence-corrected chi connectivity index (χ3v) is 4.10. The summed E-state index contributed by atoms with van der Waals surface area (Å²) in [4.78, 5) is 10.4. The SMILES string of the molecule is CN=C(NCCCN(C(C)C)C(C)C)NCc1cccnc1OCC(F)(F)F. The molecule has 0 aliphatic heterocycles. The van der Waals surface area contributed by atoms with Gasteiger partial charge in [-0.25, -0.2) is 4.98 Å². The van der Waals surface area contributed by atoms with Gasteiger partial charge in [-0.1, -0.05) is 6.07 Å². The number of rotatable bonds is 10. The fraction of sp³-hybridized carbons (Fsp3) is 0.684. The molecule has 28 heavy (non-hydrogen) atoms. The van der Waals surface area contributed by atoms with Crippen molar-refractivity contribution in [2.45, 2.75) is 58.9 Å². The molecule has 160 valence electrons. The van der Waals surface area contributed by atoms with Crippen molar-refractivity contribution in [2.24, 2.45) is 4.99 Å². The first-order valence-corrected chi connectivity index (χ1v) is 9.47. The van der Waals surface area contributed by atoms with Crippen LogP contribution in [0, 0.1) is 0 Å². The van der Waals surface area contributed by atoms with Crippen molar-refractivity contribution in [3.8, 4) is 5.88 Å². The minimum atomic E-state index is -4.40. The molecule has 2 N–H and O–H groups in total. The van der Waals surface area contributed by atoms with Gasteiger partial charge in [0.1, 0.15) is 0 Å². The van der Waals surface area contributed by atoms with E-state index in [9.17, 15) is 13.2 Å². The van der Waals surface area contributed by atoms with Crippen molar-refractivity contribution in [1.29, 1.82) is 0 Å². The quantitative estimate of drug-likeness (QED) is 0.357. The Labute approximate surface area is 165 Å². The van der Waals surface area contributed by atoms with E-state index in [0.717, 1.165) is 19.5 Å². The molecule has 0 amide bonds. The molecule has 0 radical (unpaired) electrons. The summed E-state index contributed by atoms with van der Waals surface area (Å²) in [5.41, 5.74) is 0.528. The van der Waals surface area contributed by atoms with Crippen molar-refractivity contribution in [3.05, 3.63) is 23.9 Å². The Morgan fingerprint density at radius 1 is 1.21 bits per heavy atom. The van der Waals surface area contributed by atoms with Gasteiger partial charge in [-0.2, -0.15) is 13.2 Å². The van der Waals surface area contributed by atoms with Crippen molar-refractivity contribution < 1.29 is 17.9 Å². The largest absolute Gasteiger partial charge is 0.468 e. The van der Waals surface area contributed by atoms with Crippen LogP contribution >= 0.6 is 0 Å². The minimum Gasteiger partial charge on any atom is -0.468 e. The number of guanidine groups is 1. The molecule has 0 aromatic carbocycles. The Morgan fingerprint density at radius 3 is 2.46 bits per heavy atom. The van der Waals surface area contributed by atoms with E-state index in [4.69, 9.17) is 4.74 Å². The highest BCUT2D eigenvalue weighted by molar-refractivity contribution is 5.79. The molecule has 0 aliphatic rings. The van der Waals surface area contributed by atoms with Crippen LogP contribution in [0.15, 0.2) is 23.3 Å². The fourth-order valence-electron chi connectivity index (χ4n) is 2.82. The molecule has 0 saturated carbocycles. The second-order valence-electron chi connectivity index (χ2n) is 7.00. The maximum Gasteiger partial charge on any atom is 0.422 e. The third kappa shape index (κ3) is 9.25. The van der Waals surface area contributed by atoms with Crippen molar-refractivity contribution >= 4 is 5.96 Å². The number of hydrogen-bond donors (Lipinski definition) is 2. The molecule has 0 fully saturated rings. The molecule has 0 saturated heterocycles. The van der Waals surface area contributed by atoms with Crippen LogP contribution in [0.2, 0.25) is 0 Å². The zero-order chi connectivity index (χ0) is 21.2. The van der Waals surface area contributed by atoms with Gasteiger partial charge in [-0.3, -0.25) is 9.89 Å². The second kappa shape index (κ2) is 11.7. The van der Waals surface area contributed by atoms with E-state index in [1.807, 2.05) is 0 Å². The normalized spacial score (nSPS) is 12.8. The predicted molar refractivity (Wildman–Crippen MR) is 106 cm³/mol. The molecule has 0 atom stereocenters. The van der Waals surface area contributed by atoms with Crippen LogP contribution in [0.4, 0.5) is 13.2 Å². The summed E-state index contributed by atoms with van der Waals surface area (Å²) in [5, 5.41) is 6.30. The summed E-state index contributed by atoms with van der Waals surface area (Å²) < 4.78 is 41.9. The van der Waals surface area contributed by atoms with E-state index in [1.165, 1.54) is 6.20 Å². The molecular formula is C19H32F3N5O. The maximum atomic E-state index is 12.4. The van der Waals surface area contributed by atoms with E-state index in [-0.39, 0.29) is 12.4 Å². The highest BCUT2D eigenvalue weighted by Gasteiger charge is 2.29. The van der Waals surface area contributed by atoms with E-state index < -0.39 is 12.8 Å². The molecule has 0 bridgehead atoms. The highest BCUT2D eigenvalue weighted by Crippen LogP contribution is 2.19. The number of pyridine rings is 1. The average Bonchev–Trinajstić information content (AvgIpc) is 2.61. The first kappa shape index (κ1) is 24.0. The van der Waals surface area contributed by atoms with Gasteiger partial charge >= 0.3 is 6.18 Å². The van der Waals surface area contributed by atoms with Gasteiger partial charge in [-0.15, -0.1) is 0 Å². The fourth-order valence-corrected chi connectivity index (χ4v) is 2.82. The highest BCUT2D eigenvalue weighted by atomic mass is 19.4. The predicted octanol–water partition coefficient (Wildman–Crippen LogP) is 3.20. The van der Waals surface area contributed by atoms with Crippen LogP contribution in [0.1, 0.15) is 39.7 Å². The molecule has 0 spiro atoms. The van der Waals surface area contributed by atoms with Crippen LogP contribution in [-0.2, 0) is 6.54 Å². The van der Waals surface area contributed by atoms with Crippen LogP contribution < -0.4 is 15.4 Å². The Morgan fingerprint density at radius 2 is 1.89 bits per heavy atom. The summed E-state index contributed by atoms with van der Waals surface area (Å²) in [6, 6.07) is 4.29. The first-order valence-electron chi connectivity index (χ1n) is 9.47. The first-order chi connectivity index (χ1) is 13.1. The van der Waals surface area contributed by atoms with Gasteiger partial charge in [0.05, 0.1) is 0 Å². The van der Waals surface area contributed by atoms with Crippen LogP contribution in [-0.4, -0.2) is 60.8 Å². The molecule has 1 heterocycles. The number of aromatic nitrogens is 1. The zero-order valence-corrected chi connectivity index (χ0v) is 17.3. The molecule has 0 aliphatic carbocycles. The summed E-state index contributed by atoms with van der Waals surface area (Å²) >= 11 is 0. The number of nitrogens with one attached hydrogen (secondary N) is 2. The molecule has 1 rings (SSSR count). The maximum absolute atomic E-state index is 12.4. The Hall–Kier alpha value is -2.03. The Bertz CT molecular complexity index is 597. The summed E-state index contributed by atoms with van der Waals surface area (Å²) in [5.74, 6) is 0.540. The van der Waals surface area contributed by atoms with Gasteiger partial charge in [-0.05, 0) is 40.2 Å². The summed E-state index contributed by atoms with van der Waals surface area (Å²) in [7, 11) is 1.65. The lowest BCUT2D eigenvalue weighted by Gasteiger charge is -2.30.